The number of nitrogens with two attached hydrogens (primary N) is 1. The summed E-state index contributed by atoms with van der Waals surface area (Å²) in [5.41, 5.74) is 5.43. The largest absolute Gasteiger partial charge is 0.329 e. The molecule has 78 valence electrons. The molecule has 2 aliphatic heterocycles. The molecule has 2 atom stereocenters. The third-order valence-corrected chi connectivity index (χ3v) is 3.14. The first kappa shape index (κ1) is 9.61. The fraction of sp³-hybridized carbons (Fsp3) is 0.778. The Balaban J connectivity index is 2.09. The Hall–Kier alpha value is -0.940. The molecule has 2 amide bonds. The maximum Gasteiger partial charge on any atom is 0.234 e. The molecule has 2 rings (SSSR count). The molecular formula is C9H15N3O2. The highest BCUT2D eigenvalue weighted by molar-refractivity contribution is 6.05. The van der Waals surface area contributed by atoms with E-state index >= 15 is 0 Å². The standard InChI is InChI=1S/C9H15N3O2/c1-11-8(13)6-4-12(3-2-10)5-7(6)9(11)14/h6-7H,2-5,10H2,1H3. The first-order valence-corrected chi connectivity index (χ1v) is 4.89. The van der Waals surface area contributed by atoms with Gasteiger partial charge in [0.15, 0.2) is 0 Å². The molecule has 0 saturated carbocycles. The highest BCUT2D eigenvalue weighted by atomic mass is 16.2. The van der Waals surface area contributed by atoms with E-state index in [-0.39, 0.29) is 23.7 Å². The van der Waals surface area contributed by atoms with Crippen molar-refractivity contribution in [1.82, 2.24) is 9.80 Å². The van der Waals surface area contributed by atoms with Gasteiger partial charge in [-0.2, -0.15) is 0 Å². The lowest BCUT2D eigenvalue weighted by Gasteiger charge is -2.16. The van der Waals surface area contributed by atoms with Gasteiger partial charge in [0.2, 0.25) is 11.8 Å². The van der Waals surface area contributed by atoms with Crippen molar-refractivity contribution >= 4 is 11.8 Å². The number of rotatable bonds is 2. The van der Waals surface area contributed by atoms with Crippen molar-refractivity contribution in [2.45, 2.75) is 0 Å². The number of hydrogen-bond donors (Lipinski definition) is 1. The maximum absolute atomic E-state index is 11.6. The predicted octanol–water partition coefficient (Wildman–Crippen LogP) is -1.51. The van der Waals surface area contributed by atoms with Gasteiger partial charge < -0.3 is 10.6 Å². The van der Waals surface area contributed by atoms with Crippen LogP contribution in [0.1, 0.15) is 0 Å². The Morgan fingerprint density at radius 2 is 1.79 bits per heavy atom. The SMILES string of the molecule is CN1C(=O)C2CN(CCN)CC2C1=O. The van der Waals surface area contributed by atoms with Crippen molar-refractivity contribution < 1.29 is 9.59 Å². The van der Waals surface area contributed by atoms with Gasteiger partial charge in [0.1, 0.15) is 0 Å². The maximum atomic E-state index is 11.6. The first-order chi connectivity index (χ1) is 6.65. The van der Waals surface area contributed by atoms with E-state index in [1.54, 1.807) is 7.05 Å². The van der Waals surface area contributed by atoms with Crippen LogP contribution >= 0.6 is 0 Å². The summed E-state index contributed by atoms with van der Waals surface area (Å²) in [6.07, 6.45) is 0. The van der Waals surface area contributed by atoms with E-state index in [9.17, 15) is 9.59 Å². The summed E-state index contributed by atoms with van der Waals surface area (Å²) in [6.45, 7) is 2.74. The lowest BCUT2D eigenvalue weighted by molar-refractivity contribution is -0.138. The van der Waals surface area contributed by atoms with Crippen molar-refractivity contribution in [2.24, 2.45) is 17.6 Å². The van der Waals surface area contributed by atoms with E-state index in [2.05, 4.69) is 4.90 Å². The van der Waals surface area contributed by atoms with Gasteiger partial charge in [-0.25, -0.2) is 0 Å². The summed E-state index contributed by atoms with van der Waals surface area (Å²) < 4.78 is 0. The van der Waals surface area contributed by atoms with Gasteiger partial charge in [-0.05, 0) is 0 Å². The third-order valence-electron chi connectivity index (χ3n) is 3.14. The molecule has 0 aromatic carbocycles. The van der Waals surface area contributed by atoms with Gasteiger partial charge in [-0.3, -0.25) is 14.5 Å². The molecule has 2 fully saturated rings. The predicted molar refractivity (Wildman–Crippen MR) is 50.3 cm³/mol. The molecule has 0 aliphatic carbocycles. The topological polar surface area (TPSA) is 66.6 Å². The van der Waals surface area contributed by atoms with E-state index < -0.39 is 0 Å². The molecule has 0 spiro atoms. The zero-order valence-electron chi connectivity index (χ0n) is 8.27. The molecule has 2 saturated heterocycles. The zero-order chi connectivity index (χ0) is 10.3. The molecular weight excluding hydrogens is 182 g/mol. The summed E-state index contributed by atoms with van der Waals surface area (Å²) in [6, 6.07) is 0. The van der Waals surface area contributed by atoms with Crippen LogP contribution in [0.5, 0.6) is 0 Å². The van der Waals surface area contributed by atoms with E-state index in [0.29, 0.717) is 19.6 Å². The quantitative estimate of drug-likeness (QED) is 0.547. The summed E-state index contributed by atoms with van der Waals surface area (Å²) in [5, 5.41) is 0. The number of carbonyl (C=O) groups is 2. The highest BCUT2D eigenvalue weighted by Gasteiger charge is 2.50. The molecule has 0 aromatic heterocycles. The second kappa shape index (κ2) is 3.33. The fourth-order valence-electron chi connectivity index (χ4n) is 2.36. The van der Waals surface area contributed by atoms with Crippen LogP contribution in [0, 0.1) is 11.8 Å². The van der Waals surface area contributed by atoms with Crippen LogP contribution in [0.15, 0.2) is 0 Å². The van der Waals surface area contributed by atoms with Gasteiger partial charge in [0, 0.05) is 33.2 Å². The minimum absolute atomic E-state index is 0.0282. The Bertz CT molecular complexity index is 255. The van der Waals surface area contributed by atoms with Crippen LogP contribution in [0.4, 0.5) is 0 Å². The van der Waals surface area contributed by atoms with Gasteiger partial charge in [0.25, 0.3) is 0 Å². The zero-order valence-corrected chi connectivity index (χ0v) is 8.27. The Morgan fingerprint density at radius 3 is 2.21 bits per heavy atom. The van der Waals surface area contributed by atoms with Crippen molar-refractivity contribution in [3.05, 3.63) is 0 Å². The second-order valence-electron chi connectivity index (χ2n) is 4.00. The molecule has 2 aliphatic rings. The van der Waals surface area contributed by atoms with Gasteiger partial charge in [-0.1, -0.05) is 0 Å². The third kappa shape index (κ3) is 1.24. The van der Waals surface area contributed by atoms with Gasteiger partial charge in [0.05, 0.1) is 11.8 Å². The number of amides is 2. The van der Waals surface area contributed by atoms with Crippen LogP contribution < -0.4 is 5.73 Å². The Morgan fingerprint density at radius 1 is 1.29 bits per heavy atom. The summed E-state index contributed by atoms with van der Waals surface area (Å²) >= 11 is 0. The van der Waals surface area contributed by atoms with E-state index in [0.717, 1.165) is 6.54 Å². The normalized spacial score (nSPS) is 32.9. The Kier molecular flexibility index (Phi) is 2.28. The molecule has 5 nitrogen and oxygen atoms in total. The molecule has 0 bridgehead atoms. The summed E-state index contributed by atoms with van der Waals surface area (Å²) in [7, 11) is 1.57. The van der Waals surface area contributed by atoms with Crippen LogP contribution in [-0.2, 0) is 9.59 Å². The van der Waals surface area contributed by atoms with E-state index in [1.807, 2.05) is 0 Å². The molecule has 14 heavy (non-hydrogen) atoms. The lowest BCUT2D eigenvalue weighted by Crippen LogP contribution is -2.35. The van der Waals surface area contributed by atoms with Crippen molar-refractivity contribution in [3.8, 4) is 0 Å². The number of imide groups is 1. The average molecular weight is 197 g/mol. The minimum Gasteiger partial charge on any atom is -0.329 e. The fourth-order valence-corrected chi connectivity index (χ4v) is 2.36. The van der Waals surface area contributed by atoms with Crippen LogP contribution in [0.2, 0.25) is 0 Å². The number of likely N-dealkylation sites (tertiary alicyclic amines) is 2. The monoisotopic (exact) mass is 197 g/mol. The van der Waals surface area contributed by atoms with E-state index in [1.165, 1.54) is 4.90 Å². The van der Waals surface area contributed by atoms with Crippen molar-refractivity contribution in [3.63, 3.8) is 0 Å². The summed E-state index contributed by atoms with van der Waals surface area (Å²) in [4.78, 5) is 26.5. The number of hydrogen-bond acceptors (Lipinski definition) is 4. The molecule has 2 unspecified atom stereocenters. The van der Waals surface area contributed by atoms with Gasteiger partial charge >= 0.3 is 0 Å². The van der Waals surface area contributed by atoms with Crippen LogP contribution in [-0.4, -0.2) is 54.8 Å². The lowest BCUT2D eigenvalue weighted by atomic mass is 10.00. The van der Waals surface area contributed by atoms with Crippen molar-refractivity contribution in [2.75, 3.05) is 33.2 Å². The molecule has 5 heteroatoms. The van der Waals surface area contributed by atoms with E-state index in [4.69, 9.17) is 5.73 Å². The van der Waals surface area contributed by atoms with Gasteiger partial charge in [-0.15, -0.1) is 0 Å². The van der Waals surface area contributed by atoms with Crippen molar-refractivity contribution in [1.29, 1.82) is 0 Å². The minimum atomic E-state index is -0.112. The highest BCUT2D eigenvalue weighted by Crippen LogP contribution is 2.31. The molecule has 2 heterocycles. The van der Waals surface area contributed by atoms with Crippen LogP contribution in [0.25, 0.3) is 0 Å². The number of nitrogens with zero attached hydrogens (tertiary/aromatic N) is 2. The smallest absolute Gasteiger partial charge is 0.234 e. The number of fused-ring (bicyclic) bond motifs is 1. The second-order valence-corrected chi connectivity index (χ2v) is 4.00. The molecule has 2 N–H and O–H groups in total. The Labute approximate surface area is 82.8 Å². The molecule has 0 radical (unpaired) electrons. The van der Waals surface area contributed by atoms with Crippen LogP contribution in [0.3, 0.4) is 0 Å². The number of carbonyl (C=O) groups excluding carboxylic acids is 2. The molecule has 0 aromatic rings. The average Bonchev–Trinajstić information content (AvgIpc) is 2.65. The summed E-state index contributed by atoms with van der Waals surface area (Å²) in [5.74, 6) is -0.280. The first-order valence-electron chi connectivity index (χ1n) is 4.89.